The fraction of sp³-hybridized carbons (Fsp3) is 0.417. The molecule has 0 bridgehead atoms. The Bertz CT molecular complexity index is 464. The zero-order chi connectivity index (χ0) is 13.8. The van der Waals surface area contributed by atoms with Crippen LogP contribution in [-0.2, 0) is 9.59 Å². The maximum absolute atomic E-state index is 10.9. The number of hydrogen-bond donors (Lipinski definition) is 2. The van der Waals surface area contributed by atoms with E-state index in [0.29, 0.717) is 12.0 Å². The lowest BCUT2D eigenvalue weighted by molar-refractivity contribution is -0.152. The highest BCUT2D eigenvalue weighted by Crippen LogP contribution is 2.33. The van der Waals surface area contributed by atoms with E-state index >= 15 is 0 Å². The monoisotopic (exact) mass is 299 g/mol. The Balaban J connectivity index is 2.05. The van der Waals surface area contributed by atoms with Crippen LogP contribution in [0.4, 0.5) is 0 Å². The van der Waals surface area contributed by atoms with Crippen molar-refractivity contribution in [2.45, 2.75) is 11.1 Å². The summed E-state index contributed by atoms with van der Waals surface area (Å²) >= 11 is 3.57. The molecule has 0 aromatic heterocycles. The van der Waals surface area contributed by atoms with Crippen molar-refractivity contribution in [1.29, 1.82) is 0 Å². The zero-order valence-corrected chi connectivity index (χ0v) is 11.6. The minimum absolute atomic E-state index is 0.212. The van der Waals surface area contributed by atoms with E-state index in [1.54, 1.807) is 41.8 Å². The van der Waals surface area contributed by atoms with E-state index in [9.17, 15) is 9.59 Å². The minimum atomic E-state index is -1.49. The summed E-state index contributed by atoms with van der Waals surface area (Å²) in [6.45, 7) is 0. The summed E-state index contributed by atoms with van der Waals surface area (Å²) in [6, 6.07) is 0. The third-order valence-electron chi connectivity index (χ3n) is 2.72. The molecule has 1 fully saturated rings. The van der Waals surface area contributed by atoms with E-state index in [1.165, 1.54) is 0 Å². The van der Waals surface area contributed by atoms with Crippen LogP contribution in [0.2, 0.25) is 0 Å². The number of hydrogen-bond acceptors (Lipinski definition) is 5. The minimum Gasteiger partial charge on any atom is -0.480 e. The second kappa shape index (κ2) is 6.29. The van der Waals surface area contributed by atoms with Gasteiger partial charge in [0.25, 0.3) is 0 Å². The van der Waals surface area contributed by atoms with Gasteiger partial charge >= 0.3 is 11.9 Å². The molecule has 2 N–H and O–H groups in total. The summed E-state index contributed by atoms with van der Waals surface area (Å²) in [5.41, 5.74) is 1.18. The Morgan fingerprint density at radius 2 is 1.84 bits per heavy atom. The first-order valence-electron chi connectivity index (χ1n) is 5.71. The Kier molecular flexibility index (Phi) is 4.71. The molecule has 7 heteroatoms. The van der Waals surface area contributed by atoms with Gasteiger partial charge in [0.05, 0.1) is 0 Å². The standard InChI is InChI=1S/C12H13NO4S2/c14-10(15)9(11(16)17)7-1-3-8(4-2-7)13-12-18-5-6-19-12/h1-3,9,12H,4-6H2,(H,14,15)(H,16,17). The molecule has 0 aromatic carbocycles. The normalized spacial score (nSPS) is 21.9. The van der Waals surface area contributed by atoms with E-state index in [4.69, 9.17) is 10.2 Å². The highest BCUT2D eigenvalue weighted by Gasteiger charge is 2.29. The van der Waals surface area contributed by atoms with Gasteiger partial charge in [0.15, 0.2) is 5.92 Å². The van der Waals surface area contributed by atoms with Gasteiger partial charge in [-0.05, 0) is 11.6 Å². The van der Waals surface area contributed by atoms with Crippen LogP contribution in [0.3, 0.4) is 0 Å². The van der Waals surface area contributed by atoms with Crippen molar-refractivity contribution >= 4 is 41.2 Å². The molecule has 1 saturated heterocycles. The summed E-state index contributed by atoms with van der Waals surface area (Å²) in [6.07, 6.45) is 5.38. The average molecular weight is 299 g/mol. The third kappa shape index (κ3) is 3.63. The summed E-state index contributed by atoms with van der Waals surface area (Å²) in [5.74, 6) is -1.99. The number of rotatable bonds is 4. The topological polar surface area (TPSA) is 87.0 Å². The number of aliphatic carboxylic acids is 2. The van der Waals surface area contributed by atoms with Crippen LogP contribution in [0.25, 0.3) is 0 Å². The van der Waals surface area contributed by atoms with E-state index in [-0.39, 0.29) is 4.71 Å². The number of nitrogens with zero attached hydrogens (tertiary/aromatic N) is 1. The number of allylic oxidation sites excluding steroid dienone is 3. The van der Waals surface area contributed by atoms with Gasteiger partial charge in [-0.3, -0.25) is 14.6 Å². The van der Waals surface area contributed by atoms with Crippen molar-refractivity contribution in [3.63, 3.8) is 0 Å². The summed E-state index contributed by atoms with van der Waals surface area (Å²) in [5, 5.41) is 17.8. The van der Waals surface area contributed by atoms with Crippen molar-refractivity contribution in [3.05, 3.63) is 23.8 Å². The first-order chi connectivity index (χ1) is 9.08. The second-order valence-electron chi connectivity index (χ2n) is 4.02. The molecule has 0 amide bonds. The molecule has 0 saturated carbocycles. The van der Waals surface area contributed by atoms with Crippen LogP contribution in [0, 0.1) is 5.92 Å². The molecule has 0 unspecified atom stereocenters. The van der Waals surface area contributed by atoms with Crippen molar-refractivity contribution < 1.29 is 19.8 Å². The van der Waals surface area contributed by atoms with Gasteiger partial charge in [0, 0.05) is 23.6 Å². The second-order valence-corrected chi connectivity index (χ2v) is 6.69. The number of aliphatic imine (C=N–C) groups is 1. The molecule has 0 aromatic rings. The lowest BCUT2D eigenvalue weighted by atomic mass is 9.93. The predicted octanol–water partition coefficient (Wildman–Crippen LogP) is 1.86. The van der Waals surface area contributed by atoms with Gasteiger partial charge in [-0.2, -0.15) is 0 Å². The van der Waals surface area contributed by atoms with Crippen LogP contribution in [0.1, 0.15) is 6.42 Å². The molecule has 5 nitrogen and oxygen atoms in total. The molecule has 19 heavy (non-hydrogen) atoms. The Morgan fingerprint density at radius 3 is 2.32 bits per heavy atom. The van der Waals surface area contributed by atoms with Crippen molar-refractivity contribution in [1.82, 2.24) is 0 Å². The van der Waals surface area contributed by atoms with E-state index in [0.717, 1.165) is 17.2 Å². The van der Waals surface area contributed by atoms with Gasteiger partial charge in [-0.25, -0.2) is 0 Å². The third-order valence-corrected chi connectivity index (χ3v) is 5.45. The van der Waals surface area contributed by atoms with Gasteiger partial charge in [-0.1, -0.05) is 12.2 Å². The summed E-state index contributed by atoms with van der Waals surface area (Å²) in [7, 11) is 0. The maximum atomic E-state index is 10.9. The Labute approximate surface area is 118 Å². The van der Waals surface area contributed by atoms with Crippen molar-refractivity contribution in [3.8, 4) is 0 Å². The Hall–Kier alpha value is -1.21. The van der Waals surface area contributed by atoms with Crippen LogP contribution in [0.5, 0.6) is 0 Å². The molecule has 1 aliphatic heterocycles. The highest BCUT2D eigenvalue weighted by atomic mass is 32.2. The van der Waals surface area contributed by atoms with Gasteiger partial charge in [0.2, 0.25) is 0 Å². The summed E-state index contributed by atoms with van der Waals surface area (Å²) in [4.78, 5) is 26.4. The highest BCUT2D eigenvalue weighted by molar-refractivity contribution is 8.20. The lowest BCUT2D eigenvalue weighted by Crippen LogP contribution is -2.25. The zero-order valence-electron chi connectivity index (χ0n) is 9.98. The van der Waals surface area contributed by atoms with Crippen LogP contribution in [-0.4, -0.2) is 44.1 Å². The molecule has 0 radical (unpaired) electrons. The molecular formula is C12H13NO4S2. The molecule has 2 aliphatic rings. The van der Waals surface area contributed by atoms with Crippen LogP contribution < -0.4 is 0 Å². The first-order valence-corrected chi connectivity index (χ1v) is 7.81. The molecule has 0 atom stereocenters. The number of carboxylic acids is 2. The first kappa shape index (κ1) is 14.2. The SMILES string of the molecule is O=C(O)C(C(=O)O)C1=CCC(=NC2SCCS2)C=C1. The van der Waals surface area contributed by atoms with Crippen LogP contribution in [0.15, 0.2) is 28.8 Å². The number of thioether (sulfide) groups is 2. The quantitative estimate of drug-likeness (QED) is 0.771. The Morgan fingerprint density at radius 1 is 1.21 bits per heavy atom. The molecule has 1 heterocycles. The number of carbonyl (C=O) groups is 2. The summed E-state index contributed by atoms with van der Waals surface area (Å²) < 4.78 is 0.212. The molecule has 102 valence electrons. The van der Waals surface area contributed by atoms with Crippen LogP contribution >= 0.6 is 23.5 Å². The molecule has 1 aliphatic carbocycles. The van der Waals surface area contributed by atoms with E-state index < -0.39 is 17.9 Å². The average Bonchev–Trinajstić information content (AvgIpc) is 2.83. The lowest BCUT2D eigenvalue weighted by Gasteiger charge is -2.13. The van der Waals surface area contributed by atoms with Crippen molar-refractivity contribution in [2.24, 2.45) is 10.9 Å². The fourth-order valence-corrected chi connectivity index (χ4v) is 4.36. The molecule has 0 spiro atoms. The fourth-order valence-electron chi connectivity index (χ4n) is 1.81. The predicted molar refractivity (Wildman–Crippen MR) is 76.7 cm³/mol. The van der Waals surface area contributed by atoms with Gasteiger partial charge < -0.3 is 10.2 Å². The van der Waals surface area contributed by atoms with E-state index in [2.05, 4.69) is 4.99 Å². The number of carboxylic acid groups (broad SMARTS) is 2. The smallest absolute Gasteiger partial charge is 0.322 e. The van der Waals surface area contributed by atoms with E-state index in [1.807, 2.05) is 0 Å². The maximum Gasteiger partial charge on any atom is 0.322 e. The van der Waals surface area contributed by atoms with Gasteiger partial charge in [-0.15, -0.1) is 23.5 Å². The van der Waals surface area contributed by atoms with Gasteiger partial charge in [0.1, 0.15) is 4.71 Å². The largest absolute Gasteiger partial charge is 0.480 e. The molecule has 2 rings (SSSR count). The van der Waals surface area contributed by atoms with Crippen molar-refractivity contribution in [2.75, 3.05) is 11.5 Å². The molecular weight excluding hydrogens is 286 g/mol.